The molecule has 8 aromatic heterocycles. The molecule has 0 aliphatic carbocycles. The Balaban J connectivity index is 0.000000136. The smallest absolute Gasteiger partial charge is 0.308 e. The van der Waals surface area contributed by atoms with E-state index in [9.17, 15) is 14.4 Å². The van der Waals surface area contributed by atoms with Crippen molar-refractivity contribution < 1.29 is 28.6 Å². The monoisotopic (exact) mass is 1720 g/mol. The highest BCUT2D eigenvalue weighted by molar-refractivity contribution is 7.16. The van der Waals surface area contributed by atoms with E-state index in [4.69, 9.17) is 80.6 Å². The standard InChI is InChI=1S/2C23H25ClN4O2S.C22H23ClN4O2S.C19H19ClN4S/c2*1-12-13(2)31-22-19(12)20(15-7-9-16(24)10-8-15)25-17(11-18(29)30-23(4,5)6)21-27-26-14(3)28(21)22;1-12-13(2)30-21-18(12)19(14-6-8-15(23)9-7-14)25-16(20-26-24-11-27(20)21)10-17(28)29-22(3,4)5;1-10-11(2)25-17-15(10)16(13-6-8-14(20)9-7-13)21-19(4,5)18-23-22-12(3)24(17)18/h2*7-10,17H,11H2,1-6H3;6-9,11,16H,10H2,1-5H3;6-9H,1-5H3. The quantitative estimate of drug-likeness (QED) is 0.0912. The minimum absolute atomic E-state index is 0.0828. The van der Waals surface area contributed by atoms with Crippen LogP contribution in [0.2, 0.25) is 20.1 Å². The maximum Gasteiger partial charge on any atom is 0.308 e. The normalized spacial score (nSPS) is 15.7. The largest absolute Gasteiger partial charge is 0.460 e. The second kappa shape index (κ2) is 33.4. The van der Waals surface area contributed by atoms with Crippen molar-refractivity contribution in [3.63, 3.8) is 0 Å². The van der Waals surface area contributed by atoms with E-state index >= 15 is 0 Å². The molecule has 30 heteroatoms. The lowest BCUT2D eigenvalue weighted by Crippen LogP contribution is -2.25. The maximum atomic E-state index is 12.7. The van der Waals surface area contributed by atoms with Crippen molar-refractivity contribution in [2.75, 3.05) is 0 Å². The lowest BCUT2D eigenvalue weighted by Gasteiger charge is -2.21. The number of esters is 3. The number of aliphatic imine (C=N–C) groups is 4. The van der Waals surface area contributed by atoms with Gasteiger partial charge in [-0.05, 0) is 223 Å². The number of hydrogen-bond acceptors (Lipinski definition) is 22. The van der Waals surface area contributed by atoms with Gasteiger partial charge in [0.2, 0.25) is 0 Å². The zero-order chi connectivity index (χ0) is 84.6. The van der Waals surface area contributed by atoms with Crippen molar-refractivity contribution in [1.82, 2.24) is 59.1 Å². The molecule has 608 valence electrons. The van der Waals surface area contributed by atoms with Crippen molar-refractivity contribution in [1.29, 1.82) is 0 Å². The molecule has 0 amide bonds. The average Bonchev–Trinajstić information content (AvgIpc) is 1.60. The predicted molar refractivity (Wildman–Crippen MR) is 470 cm³/mol. The van der Waals surface area contributed by atoms with Crippen LogP contribution in [0.5, 0.6) is 0 Å². The highest BCUT2D eigenvalue weighted by atomic mass is 35.5. The average molecular weight is 1730 g/mol. The van der Waals surface area contributed by atoms with Crippen molar-refractivity contribution in [3.8, 4) is 20.0 Å². The molecule has 0 bridgehead atoms. The summed E-state index contributed by atoms with van der Waals surface area (Å²) in [5, 5.41) is 41.5. The van der Waals surface area contributed by atoms with E-state index in [-0.39, 0.29) is 37.2 Å². The first kappa shape index (κ1) is 85.4. The molecule has 0 saturated carbocycles. The molecule has 3 unspecified atom stereocenters. The molecule has 16 rings (SSSR count). The number of ether oxygens (including phenoxy) is 3. The number of fused-ring (bicyclic) bond motifs is 12. The number of nitrogens with zero attached hydrogens (tertiary/aromatic N) is 16. The van der Waals surface area contributed by atoms with Gasteiger partial charge in [-0.25, -0.2) is 0 Å². The van der Waals surface area contributed by atoms with Crippen molar-refractivity contribution in [2.24, 2.45) is 20.0 Å². The van der Waals surface area contributed by atoms with Crippen LogP contribution in [0.3, 0.4) is 0 Å². The number of benzene rings is 4. The summed E-state index contributed by atoms with van der Waals surface area (Å²) >= 11 is 31.3. The number of aryl methyl sites for hydroxylation is 7. The van der Waals surface area contributed by atoms with Gasteiger partial charge in [0.05, 0.1) is 42.1 Å². The number of aromatic nitrogens is 12. The minimum atomic E-state index is -0.569. The zero-order valence-electron chi connectivity index (χ0n) is 69.4. The Kier molecular flexibility index (Phi) is 24.3. The van der Waals surface area contributed by atoms with Crippen LogP contribution in [-0.4, -0.2) is 117 Å². The van der Waals surface area contributed by atoms with Crippen molar-refractivity contribution in [2.45, 2.75) is 212 Å². The number of rotatable bonds is 10. The molecule has 12 heterocycles. The van der Waals surface area contributed by atoms with Gasteiger partial charge >= 0.3 is 17.9 Å². The molecule has 0 N–H and O–H groups in total. The first-order valence-corrected chi connectivity index (χ1v) is 42.9. The molecule has 3 atom stereocenters. The number of halogens is 4. The molecule has 117 heavy (non-hydrogen) atoms. The summed E-state index contributed by atoms with van der Waals surface area (Å²) < 4.78 is 24.9. The van der Waals surface area contributed by atoms with Gasteiger partial charge in [0, 0.05) is 84.1 Å². The van der Waals surface area contributed by atoms with Crippen LogP contribution in [-0.2, 0) is 34.1 Å². The van der Waals surface area contributed by atoms with Crippen LogP contribution >= 0.6 is 91.8 Å². The second-order valence-electron chi connectivity index (χ2n) is 32.6. The summed E-state index contributed by atoms with van der Waals surface area (Å²) in [4.78, 5) is 63.3. The third-order valence-corrected chi connectivity index (χ3v) is 25.6. The van der Waals surface area contributed by atoms with E-state index in [1.807, 2.05) is 194 Å². The van der Waals surface area contributed by atoms with Gasteiger partial charge in [-0.15, -0.1) is 86.1 Å². The summed E-state index contributed by atoms with van der Waals surface area (Å²) in [6.45, 7) is 43.6. The Labute approximate surface area is 717 Å². The zero-order valence-corrected chi connectivity index (χ0v) is 75.7. The summed E-state index contributed by atoms with van der Waals surface area (Å²) in [5.74, 6) is 4.26. The maximum absolute atomic E-state index is 12.7. The fraction of sp³-hybridized carbons (Fsp3) is 0.368. The molecule has 0 fully saturated rings. The number of hydrogen-bond donors (Lipinski definition) is 0. The number of carbonyl (C=O) groups is 3. The van der Waals surface area contributed by atoms with Crippen LogP contribution in [0.4, 0.5) is 0 Å². The van der Waals surface area contributed by atoms with E-state index < -0.39 is 40.5 Å². The van der Waals surface area contributed by atoms with E-state index in [0.29, 0.717) is 32.5 Å². The minimum Gasteiger partial charge on any atom is -0.460 e. The van der Waals surface area contributed by atoms with Gasteiger partial charge < -0.3 is 14.2 Å². The van der Waals surface area contributed by atoms with Gasteiger partial charge in [-0.1, -0.05) is 94.9 Å². The topological polar surface area (TPSA) is 251 Å². The Morgan fingerprint density at radius 2 is 0.658 bits per heavy atom. The molecular formula is C87H92Cl4N16O6S4. The molecule has 12 aromatic rings. The van der Waals surface area contributed by atoms with E-state index in [2.05, 4.69) is 115 Å². The van der Waals surface area contributed by atoms with Crippen LogP contribution in [0, 0.1) is 76.2 Å². The van der Waals surface area contributed by atoms with Crippen LogP contribution in [0.25, 0.3) is 20.0 Å². The summed E-state index contributed by atoms with van der Waals surface area (Å²) in [6.07, 6.45) is 1.94. The van der Waals surface area contributed by atoms with Crippen LogP contribution in [0.15, 0.2) is 123 Å². The Morgan fingerprint density at radius 1 is 0.376 bits per heavy atom. The summed E-state index contributed by atoms with van der Waals surface area (Å²) in [6, 6.07) is 29.2. The van der Waals surface area contributed by atoms with Gasteiger partial charge in [-0.3, -0.25) is 52.6 Å². The molecular weight excluding hydrogens is 1640 g/mol. The third kappa shape index (κ3) is 18.1. The van der Waals surface area contributed by atoms with Crippen molar-refractivity contribution >= 4 is 133 Å². The Bertz CT molecular complexity index is 5780. The number of carbonyl (C=O) groups excluding carboxylic acids is 3. The SMILES string of the molecule is Cc1sc2c(c1C)C(c1ccc(Cl)cc1)=NC(C)(C)c1nnc(C)n1-2.Cc1sc2c(c1C)C(c1ccc(Cl)cc1)=NC(CC(=O)OC(C)(C)C)c1nnc(C)n1-2.Cc1sc2c(c1C)C(c1ccc(Cl)cc1)=NC(CC(=O)OC(C)(C)C)c1nnc(C)n1-2.Cc1sc2c(c1C)C(c1ccc(Cl)cc1)=NC(CC(=O)OC(C)(C)C)c1nncn1-2. The van der Waals surface area contributed by atoms with Crippen LogP contribution < -0.4 is 0 Å². The highest BCUT2D eigenvalue weighted by Gasteiger charge is 2.40. The molecule has 0 radical (unpaired) electrons. The van der Waals surface area contributed by atoms with Gasteiger partial charge in [-0.2, -0.15) is 0 Å². The first-order chi connectivity index (χ1) is 55.0. The molecule has 0 spiro atoms. The van der Waals surface area contributed by atoms with Gasteiger partial charge in [0.1, 0.15) is 84.3 Å². The predicted octanol–water partition coefficient (Wildman–Crippen LogP) is 21.3. The highest BCUT2D eigenvalue weighted by Crippen LogP contribution is 2.46. The number of thiophene rings is 4. The molecule has 0 saturated heterocycles. The first-order valence-electron chi connectivity index (χ1n) is 38.1. The Hall–Kier alpha value is -9.51. The molecule has 4 aromatic carbocycles. The third-order valence-electron chi connectivity index (χ3n) is 19.8. The molecule has 22 nitrogen and oxygen atoms in total. The van der Waals surface area contributed by atoms with E-state index in [0.717, 1.165) is 127 Å². The molecule has 4 aliphatic heterocycles. The van der Waals surface area contributed by atoms with Crippen molar-refractivity contribution in [3.05, 3.63) is 251 Å². The Morgan fingerprint density at radius 3 is 1.00 bits per heavy atom. The fourth-order valence-electron chi connectivity index (χ4n) is 14.1. The van der Waals surface area contributed by atoms with Gasteiger partial charge in [0.15, 0.2) is 23.3 Å². The lowest BCUT2D eigenvalue weighted by atomic mass is 9.98. The van der Waals surface area contributed by atoms with E-state index in [1.54, 1.807) is 51.7 Å². The summed E-state index contributed by atoms with van der Waals surface area (Å²) in [7, 11) is 0. The second-order valence-corrected chi connectivity index (χ2v) is 39.2. The fourth-order valence-corrected chi connectivity index (χ4v) is 19.3. The lowest BCUT2D eigenvalue weighted by molar-refractivity contribution is -0.156. The summed E-state index contributed by atoms with van der Waals surface area (Å²) in [5.41, 5.74) is 14.2. The van der Waals surface area contributed by atoms with Gasteiger partial charge in [0.25, 0.3) is 0 Å². The van der Waals surface area contributed by atoms with E-state index in [1.165, 1.54) is 30.6 Å². The molecule has 4 aliphatic rings. The van der Waals surface area contributed by atoms with Crippen LogP contribution in [0.1, 0.15) is 241 Å².